The molecule has 1 saturated heterocycles. The number of carboxylic acid groups (broad SMARTS) is 1. The molecule has 7 heteroatoms. The van der Waals surface area contributed by atoms with Crippen LogP contribution in [0.2, 0.25) is 0 Å². The molecule has 0 bridgehead atoms. The maximum Gasteiger partial charge on any atom is 0.235 e. The molecular formula is C25H23N3O4. The first kappa shape index (κ1) is 20.2. The molecule has 5 rings (SSSR count). The number of aliphatic carboxylic acids is 1. The molecule has 0 spiro atoms. The largest absolute Gasteiger partial charge is 0.543 e. The number of carboxylic acids is 1. The lowest BCUT2D eigenvalue weighted by Gasteiger charge is -2.45. The van der Waals surface area contributed by atoms with E-state index in [-0.39, 0.29) is 17.6 Å². The van der Waals surface area contributed by atoms with Gasteiger partial charge >= 0.3 is 0 Å². The summed E-state index contributed by atoms with van der Waals surface area (Å²) in [5, 5.41) is 24.0. The zero-order valence-corrected chi connectivity index (χ0v) is 17.6. The second-order valence-corrected chi connectivity index (χ2v) is 8.52. The molecular weight excluding hydrogens is 406 g/mol. The Morgan fingerprint density at radius 3 is 2.69 bits per heavy atom. The SMILES string of the molecule is C[C@@H](O)[C@H]1C(=O)N2C(C(=O)[O-])=C(c3ccc4cccc(C[n+]5ccc(N)cc5)c4c3)C[C@H]12. The quantitative estimate of drug-likeness (QED) is 0.461. The molecule has 32 heavy (non-hydrogen) atoms. The van der Waals surface area contributed by atoms with Crippen LogP contribution < -0.4 is 15.4 Å². The number of carbonyl (C=O) groups is 2. The third kappa shape index (κ3) is 3.13. The van der Waals surface area contributed by atoms with Gasteiger partial charge in [0.2, 0.25) is 5.91 Å². The number of nitrogens with zero attached hydrogens (tertiary/aromatic N) is 2. The number of aliphatic hydroxyl groups is 1. The summed E-state index contributed by atoms with van der Waals surface area (Å²) in [7, 11) is 0. The minimum Gasteiger partial charge on any atom is -0.543 e. The number of nitrogens with two attached hydrogens (primary N) is 1. The summed E-state index contributed by atoms with van der Waals surface area (Å²) >= 11 is 0. The number of anilines is 1. The molecule has 162 valence electrons. The molecule has 2 aliphatic heterocycles. The van der Waals surface area contributed by atoms with Crippen molar-refractivity contribution in [3.8, 4) is 0 Å². The Kier molecular flexibility index (Phi) is 4.71. The molecule has 1 fully saturated rings. The molecule has 3 aromatic rings. The molecule has 1 amide bonds. The zero-order valence-electron chi connectivity index (χ0n) is 17.6. The fraction of sp³-hybridized carbons (Fsp3) is 0.240. The first-order chi connectivity index (χ1) is 15.3. The van der Waals surface area contributed by atoms with Gasteiger partial charge < -0.3 is 25.6 Å². The van der Waals surface area contributed by atoms with Crippen LogP contribution in [-0.2, 0) is 16.1 Å². The van der Waals surface area contributed by atoms with Gasteiger partial charge in [0.05, 0.1) is 29.7 Å². The van der Waals surface area contributed by atoms with E-state index in [9.17, 15) is 19.8 Å². The Morgan fingerprint density at radius 1 is 1.25 bits per heavy atom. The Hall–Kier alpha value is -3.71. The number of nitrogen functional groups attached to an aromatic ring is 1. The standard InChI is InChI=1S/C25H23N3O4/c1-14(29)22-21-12-20(23(25(31)32)28(21)24(22)30)16-6-5-15-3-2-4-17(19(15)11-16)13-27-9-7-18(26)8-10-27/h2-11,14,21-22,26,29H,12-13H2,1H3,(H,31,32)/t14-,21-,22-/m1/s1. The first-order valence-corrected chi connectivity index (χ1v) is 10.6. The Morgan fingerprint density at radius 2 is 2.00 bits per heavy atom. The van der Waals surface area contributed by atoms with E-state index in [4.69, 9.17) is 5.73 Å². The highest BCUT2D eigenvalue weighted by Crippen LogP contribution is 2.47. The summed E-state index contributed by atoms with van der Waals surface area (Å²) in [5.74, 6) is -2.31. The highest BCUT2D eigenvalue weighted by atomic mass is 16.4. The van der Waals surface area contributed by atoms with Crippen molar-refractivity contribution in [3.05, 3.63) is 77.7 Å². The number of benzene rings is 2. The van der Waals surface area contributed by atoms with E-state index in [2.05, 4.69) is 0 Å². The smallest absolute Gasteiger partial charge is 0.235 e. The van der Waals surface area contributed by atoms with Gasteiger partial charge in [-0.05, 0) is 41.3 Å². The minimum atomic E-state index is -1.37. The average Bonchev–Trinajstić information content (AvgIpc) is 3.10. The molecule has 0 radical (unpaired) electrons. The number of amides is 1. The number of β-lactam (4-membered cyclic amide) rings is 1. The van der Waals surface area contributed by atoms with Crippen LogP contribution in [0.3, 0.4) is 0 Å². The minimum absolute atomic E-state index is 0.0818. The van der Waals surface area contributed by atoms with Gasteiger partial charge in [0.1, 0.15) is 0 Å². The summed E-state index contributed by atoms with van der Waals surface area (Å²) in [6, 6.07) is 15.2. The van der Waals surface area contributed by atoms with Crippen LogP contribution in [0.25, 0.3) is 16.3 Å². The number of pyridine rings is 1. The topological polar surface area (TPSA) is 111 Å². The van der Waals surface area contributed by atoms with Crippen LogP contribution in [0.1, 0.15) is 24.5 Å². The predicted molar refractivity (Wildman–Crippen MR) is 116 cm³/mol. The third-order valence-electron chi connectivity index (χ3n) is 6.51. The van der Waals surface area contributed by atoms with Gasteiger partial charge in [0.25, 0.3) is 0 Å². The monoisotopic (exact) mass is 429 g/mol. The summed E-state index contributed by atoms with van der Waals surface area (Å²) in [6.07, 6.45) is 3.38. The number of hydrogen-bond donors (Lipinski definition) is 2. The highest BCUT2D eigenvalue weighted by molar-refractivity contribution is 6.06. The van der Waals surface area contributed by atoms with Crippen LogP contribution in [0.5, 0.6) is 0 Å². The molecule has 7 nitrogen and oxygen atoms in total. The van der Waals surface area contributed by atoms with Crippen LogP contribution >= 0.6 is 0 Å². The van der Waals surface area contributed by atoms with E-state index in [0.717, 1.165) is 21.9 Å². The maximum absolute atomic E-state index is 12.5. The average molecular weight is 429 g/mol. The van der Waals surface area contributed by atoms with Crippen molar-refractivity contribution >= 4 is 33.9 Å². The van der Waals surface area contributed by atoms with Crippen LogP contribution in [0.15, 0.2) is 66.6 Å². The highest BCUT2D eigenvalue weighted by Gasteiger charge is 2.55. The fourth-order valence-corrected chi connectivity index (χ4v) is 4.95. The van der Waals surface area contributed by atoms with Gasteiger partial charge in [-0.15, -0.1) is 0 Å². The number of aliphatic hydroxyl groups excluding tert-OH is 1. The van der Waals surface area contributed by atoms with E-state index >= 15 is 0 Å². The number of carbonyl (C=O) groups excluding carboxylic acids is 2. The number of rotatable bonds is 5. The Balaban J connectivity index is 1.57. The molecule has 3 atom stereocenters. The number of fused-ring (bicyclic) bond motifs is 2. The van der Waals surface area contributed by atoms with E-state index in [0.29, 0.717) is 24.2 Å². The third-order valence-corrected chi connectivity index (χ3v) is 6.51. The summed E-state index contributed by atoms with van der Waals surface area (Å²) in [6.45, 7) is 2.19. The van der Waals surface area contributed by atoms with Crippen LogP contribution in [-0.4, -0.2) is 34.0 Å². The van der Waals surface area contributed by atoms with Gasteiger partial charge in [-0.2, -0.15) is 0 Å². The number of hydrogen-bond acceptors (Lipinski definition) is 5. The van der Waals surface area contributed by atoms with Crippen molar-refractivity contribution in [3.63, 3.8) is 0 Å². The summed E-state index contributed by atoms with van der Waals surface area (Å²) < 4.78 is 2.02. The van der Waals surface area contributed by atoms with E-state index in [1.807, 2.05) is 65.5 Å². The second kappa shape index (κ2) is 7.46. The van der Waals surface area contributed by atoms with Crippen molar-refractivity contribution in [2.45, 2.75) is 32.0 Å². The van der Waals surface area contributed by atoms with Gasteiger partial charge in [-0.3, -0.25) is 4.79 Å². The molecule has 0 saturated carbocycles. The molecule has 2 aliphatic rings. The fourth-order valence-electron chi connectivity index (χ4n) is 4.95. The Labute approximate surface area is 185 Å². The lowest BCUT2D eigenvalue weighted by Crippen LogP contribution is -2.62. The molecule has 1 aromatic heterocycles. The summed E-state index contributed by atoms with van der Waals surface area (Å²) in [5.41, 5.74) is 8.80. The van der Waals surface area contributed by atoms with Crippen molar-refractivity contribution in [2.24, 2.45) is 5.92 Å². The molecule has 3 N–H and O–H groups in total. The van der Waals surface area contributed by atoms with Gasteiger partial charge in [-0.25, -0.2) is 4.57 Å². The normalized spacial score (nSPS) is 20.9. The maximum atomic E-state index is 12.5. The Bertz CT molecular complexity index is 1280. The summed E-state index contributed by atoms with van der Waals surface area (Å²) in [4.78, 5) is 25.7. The van der Waals surface area contributed by atoms with E-state index in [1.165, 1.54) is 4.90 Å². The van der Waals surface area contributed by atoms with Crippen molar-refractivity contribution in [1.82, 2.24) is 4.90 Å². The first-order valence-electron chi connectivity index (χ1n) is 10.6. The molecule has 2 aromatic carbocycles. The van der Waals surface area contributed by atoms with Gasteiger partial charge in [0, 0.05) is 23.4 Å². The lowest BCUT2D eigenvalue weighted by atomic mass is 9.82. The van der Waals surface area contributed by atoms with Crippen LogP contribution in [0.4, 0.5) is 5.69 Å². The zero-order chi connectivity index (χ0) is 22.6. The predicted octanol–water partition coefficient (Wildman–Crippen LogP) is 0.830. The van der Waals surface area contributed by atoms with Crippen molar-refractivity contribution in [1.29, 1.82) is 0 Å². The van der Waals surface area contributed by atoms with E-state index in [1.54, 1.807) is 6.92 Å². The van der Waals surface area contributed by atoms with Gasteiger partial charge in [-0.1, -0.05) is 30.3 Å². The molecule has 0 aliphatic carbocycles. The second-order valence-electron chi connectivity index (χ2n) is 8.52. The lowest BCUT2D eigenvalue weighted by molar-refractivity contribution is -0.688. The van der Waals surface area contributed by atoms with Gasteiger partial charge in [0.15, 0.2) is 18.9 Å². The molecule has 3 heterocycles. The van der Waals surface area contributed by atoms with Crippen molar-refractivity contribution < 1.29 is 24.4 Å². The van der Waals surface area contributed by atoms with Crippen LogP contribution in [0, 0.1) is 5.92 Å². The van der Waals surface area contributed by atoms with E-state index < -0.39 is 18.0 Å². The van der Waals surface area contributed by atoms with Crippen molar-refractivity contribution in [2.75, 3.05) is 5.73 Å². The number of aromatic nitrogens is 1. The molecule has 0 unspecified atom stereocenters.